The largest absolute Gasteiger partial charge is 0.352 e. The Balaban J connectivity index is 1.92. The molecule has 1 N–H and O–H groups in total. The summed E-state index contributed by atoms with van der Waals surface area (Å²) in [6.07, 6.45) is 6.01. The van der Waals surface area contributed by atoms with Crippen molar-refractivity contribution in [2.24, 2.45) is 0 Å². The van der Waals surface area contributed by atoms with Crippen molar-refractivity contribution in [2.75, 3.05) is 40.3 Å². The van der Waals surface area contributed by atoms with Crippen LogP contribution in [0.15, 0.2) is 18.5 Å². The van der Waals surface area contributed by atoms with Crippen LogP contribution < -0.4 is 5.32 Å². The van der Waals surface area contributed by atoms with E-state index in [4.69, 9.17) is 0 Å². The van der Waals surface area contributed by atoms with E-state index in [-0.39, 0.29) is 11.8 Å². The number of nitrogens with zero attached hydrogens (tertiary/aromatic N) is 3. The average Bonchev–Trinajstić information content (AvgIpc) is 3.05. The maximum Gasteiger partial charge on any atom is 0.255 e. The Kier molecular flexibility index (Phi) is 5.89. The summed E-state index contributed by atoms with van der Waals surface area (Å²) in [7, 11) is 4.00. The molecule has 0 bridgehead atoms. The first kappa shape index (κ1) is 16.4. The Morgan fingerprint density at radius 1 is 1.23 bits per heavy atom. The normalized spacial score (nSPS) is 14.4. The van der Waals surface area contributed by atoms with Crippen LogP contribution in [0.3, 0.4) is 0 Å². The van der Waals surface area contributed by atoms with Crippen molar-refractivity contribution in [1.29, 1.82) is 0 Å². The molecule has 120 valence electrons. The first-order chi connectivity index (χ1) is 10.6. The summed E-state index contributed by atoms with van der Waals surface area (Å²) in [5.41, 5.74) is 0.928. The maximum absolute atomic E-state index is 12.3. The number of amides is 2. The van der Waals surface area contributed by atoms with Gasteiger partial charge in [0.2, 0.25) is 0 Å². The van der Waals surface area contributed by atoms with E-state index in [0.717, 1.165) is 38.9 Å². The maximum atomic E-state index is 12.3. The summed E-state index contributed by atoms with van der Waals surface area (Å²) in [5.74, 6) is -0.213. The molecule has 0 unspecified atom stereocenters. The second kappa shape index (κ2) is 7.89. The third-order valence-corrected chi connectivity index (χ3v) is 3.71. The van der Waals surface area contributed by atoms with Crippen molar-refractivity contribution < 1.29 is 9.59 Å². The lowest BCUT2D eigenvalue weighted by Gasteiger charge is -2.15. The van der Waals surface area contributed by atoms with Crippen LogP contribution in [0.5, 0.6) is 0 Å². The minimum absolute atomic E-state index is 0.0349. The Labute approximate surface area is 131 Å². The summed E-state index contributed by atoms with van der Waals surface area (Å²) < 4.78 is 0. The molecule has 6 nitrogen and oxygen atoms in total. The van der Waals surface area contributed by atoms with E-state index in [1.165, 1.54) is 12.4 Å². The monoisotopic (exact) mass is 304 g/mol. The van der Waals surface area contributed by atoms with Crippen molar-refractivity contribution >= 4 is 11.8 Å². The van der Waals surface area contributed by atoms with Gasteiger partial charge in [0, 0.05) is 32.0 Å². The molecule has 6 heteroatoms. The van der Waals surface area contributed by atoms with Crippen molar-refractivity contribution in [1.82, 2.24) is 20.1 Å². The van der Waals surface area contributed by atoms with Crippen LogP contribution >= 0.6 is 0 Å². The molecule has 0 spiro atoms. The zero-order valence-electron chi connectivity index (χ0n) is 13.3. The van der Waals surface area contributed by atoms with Gasteiger partial charge in [-0.3, -0.25) is 14.6 Å². The number of hydrogen-bond acceptors (Lipinski definition) is 4. The Morgan fingerprint density at radius 3 is 2.59 bits per heavy atom. The number of pyridine rings is 1. The fourth-order valence-electron chi connectivity index (χ4n) is 2.48. The minimum atomic E-state index is -0.178. The van der Waals surface area contributed by atoms with Gasteiger partial charge in [0.1, 0.15) is 0 Å². The fourth-order valence-corrected chi connectivity index (χ4v) is 2.48. The quantitative estimate of drug-likeness (QED) is 0.796. The highest BCUT2D eigenvalue weighted by Crippen LogP contribution is 2.13. The summed E-state index contributed by atoms with van der Waals surface area (Å²) in [5, 5.41) is 2.86. The van der Waals surface area contributed by atoms with E-state index in [9.17, 15) is 9.59 Å². The summed E-state index contributed by atoms with van der Waals surface area (Å²) in [4.78, 5) is 32.3. The van der Waals surface area contributed by atoms with Gasteiger partial charge < -0.3 is 15.1 Å². The van der Waals surface area contributed by atoms with Crippen molar-refractivity contribution in [2.45, 2.75) is 19.3 Å². The lowest BCUT2D eigenvalue weighted by atomic mass is 10.1. The van der Waals surface area contributed by atoms with E-state index in [1.54, 1.807) is 6.07 Å². The predicted molar refractivity (Wildman–Crippen MR) is 84.9 cm³/mol. The molecule has 2 rings (SSSR count). The predicted octanol–water partition coefficient (Wildman–Crippen LogP) is 0.999. The molecule has 0 aromatic carbocycles. The number of hydrogen-bond donors (Lipinski definition) is 1. The number of rotatable bonds is 6. The van der Waals surface area contributed by atoms with Crippen LogP contribution in [0.2, 0.25) is 0 Å². The van der Waals surface area contributed by atoms with Gasteiger partial charge in [-0.15, -0.1) is 0 Å². The number of carbonyl (C=O) groups excluding carboxylic acids is 2. The fraction of sp³-hybridized carbons (Fsp3) is 0.562. The molecule has 0 radical (unpaired) electrons. The third kappa shape index (κ3) is 4.53. The van der Waals surface area contributed by atoms with E-state index >= 15 is 0 Å². The second-order valence-corrected chi connectivity index (χ2v) is 5.87. The van der Waals surface area contributed by atoms with Crippen LogP contribution in [-0.4, -0.2) is 66.9 Å². The molecular weight excluding hydrogens is 280 g/mol. The van der Waals surface area contributed by atoms with Crippen LogP contribution in [0.1, 0.15) is 40.0 Å². The molecule has 1 aliphatic rings. The number of carbonyl (C=O) groups is 2. The lowest BCUT2D eigenvalue weighted by molar-refractivity contribution is 0.0792. The van der Waals surface area contributed by atoms with Crippen LogP contribution in [0, 0.1) is 0 Å². The average molecular weight is 304 g/mol. The molecule has 1 saturated heterocycles. The zero-order chi connectivity index (χ0) is 15.9. The van der Waals surface area contributed by atoms with Gasteiger partial charge in [-0.25, -0.2) is 0 Å². The highest BCUT2D eigenvalue weighted by molar-refractivity contribution is 5.99. The molecule has 0 saturated carbocycles. The summed E-state index contributed by atoms with van der Waals surface area (Å²) in [6.45, 7) is 3.12. The topological polar surface area (TPSA) is 65.5 Å². The van der Waals surface area contributed by atoms with E-state index < -0.39 is 0 Å². The van der Waals surface area contributed by atoms with Crippen LogP contribution in [0.4, 0.5) is 0 Å². The van der Waals surface area contributed by atoms with Gasteiger partial charge >= 0.3 is 0 Å². The molecule has 1 aromatic rings. The molecule has 1 fully saturated rings. The molecule has 22 heavy (non-hydrogen) atoms. The van der Waals surface area contributed by atoms with Gasteiger partial charge in [0.05, 0.1) is 11.1 Å². The highest BCUT2D eigenvalue weighted by atomic mass is 16.2. The molecule has 0 aliphatic carbocycles. The van der Waals surface area contributed by atoms with E-state index in [1.807, 2.05) is 19.0 Å². The first-order valence-electron chi connectivity index (χ1n) is 7.75. The van der Waals surface area contributed by atoms with Crippen molar-refractivity contribution in [3.63, 3.8) is 0 Å². The summed E-state index contributed by atoms with van der Waals surface area (Å²) in [6, 6.07) is 1.63. The smallest absolute Gasteiger partial charge is 0.255 e. The first-order valence-corrected chi connectivity index (χ1v) is 7.75. The van der Waals surface area contributed by atoms with Gasteiger partial charge in [-0.1, -0.05) is 0 Å². The number of aromatic nitrogens is 1. The second-order valence-electron chi connectivity index (χ2n) is 5.87. The molecule has 1 aromatic heterocycles. The van der Waals surface area contributed by atoms with E-state index in [2.05, 4.69) is 15.2 Å². The van der Waals surface area contributed by atoms with Crippen LogP contribution in [0.25, 0.3) is 0 Å². The molecule has 2 heterocycles. The zero-order valence-corrected chi connectivity index (χ0v) is 13.3. The van der Waals surface area contributed by atoms with Crippen molar-refractivity contribution in [3.8, 4) is 0 Å². The third-order valence-electron chi connectivity index (χ3n) is 3.71. The molecule has 1 aliphatic heterocycles. The van der Waals surface area contributed by atoms with Crippen LogP contribution in [-0.2, 0) is 0 Å². The van der Waals surface area contributed by atoms with Gasteiger partial charge in [-0.05, 0) is 46.0 Å². The molecular formula is C16H24N4O2. The standard InChI is InChI=1S/C16H24N4O2/c1-19(2)7-5-6-18-15(21)13-10-14(12-17-11-13)16(22)20-8-3-4-9-20/h10-12H,3-9H2,1-2H3,(H,18,21). The van der Waals surface area contributed by atoms with Gasteiger partial charge in [0.15, 0.2) is 0 Å². The number of nitrogens with one attached hydrogen (secondary N) is 1. The SMILES string of the molecule is CN(C)CCCNC(=O)c1cncc(C(=O)N2CCCC2)c1. The summed E-state index contributed by atoms with van der Waals surface area (Å²) >= 11 is 0. The Bertz CT molecular complexity index is 525. The Morgan fingerprint density at radius 2 is 1.91 bits per heavy atom. The Hall–Kier alpha value is -1.95. The van der Waals surface area contributed by atoms with Crippen molar-refractivity contribution in [3.05, 3.63) is 29.6 Å². The minimum Gasteiger partial charge on any atom is -0.352 e. The van der Waals surface area contributed by atoms with Gasteiger partial charge in [-0.2, -0.15) is 0 Å². The number of likely N-dealkylation sites (tertiary alicyclic amines) is 1. The lowest BCUT2D eigenvalue weighted by Crippen LogP contribution is -2.29. The highest BCUT2D eigenvalue weighted by Gasteiger charge is 2.20. The van der Waals surface area contributed by atoms with Gasteiger partial charge in [0.25, 0.3) is 11.8 Å². The van der Waals surface area contributed by atoms with E-state index in [0.29, 0.717) is 17.7 Å². The molecule has 0 atom stereocenters. The molecule has 2 amide bonds.